The number of hydrogen-bond acceptors (Lipinski definition) is 4. The van der Waals surface area contributed by atoms with Crippen molar-refractivity contribution in [1.29, 1.82) is 0 Å². The third-order valence-corrected chi connectivity index (χ3v) is 11.4. The summed E-state index contributed by atoms with van der Waals surface area (Å²) < 4.78 is 11.2. The topological polar surface area (TPSA) is 48.1 Å². The van der Waals surface area contributed by atoms with Gasteiger partial charge in [-0.15, -0.1) is 41.3 Å². The summed E-state index contributed by atoms with van der Waals surface area (Å²) in [5.41, 5.74) is 12.5. The molecule has 0 fully saturated rings. The number of nitrogens with zero attached hydrogens (tertiary/aromatic N) is 5. The smallest absolute Gasteiger partial charge is 0.135 e. The first-order chi connectivity index (χ1) is 27.9. The number of fused-ring (bicyclic) bond motifs is 6. The molecule has 0 amide bonds. The summed E-state index contributed by atoms with van der Waals surface area (Å²) in [5.74, 6) is 4.01. The van der Waals surface area contributed by atoms with Gasteiger partial charge in [0.15, 0.2) is 0 Å². The van der Waals surface area contributed by atoms with Crippen LogP contribution in [0.3, 0.4) is 0 Å². The number of anilines is 2. The van der Waals surface area contributed by atoms with Crippen LogP contribution in [0.4, 0.5) is 11.4 Å². The van der Waals surface area contributed by atoms with Crippen molar-refractivity contribution in [1.82, 2.24) is 19.1 Å². The Morgan fingerprint density at radius 2 is 1.42 bits per heavy atom. The van der Waals surface area contributed by atoms with Crippen LogP contribution < -0.4 is 9.64 Å². The second kappa shape index (κ2) is 15.5. The van der Waals surface area contributed by atoms with Gasteiger partial charge in [0, 0.05) is 55.8 Å². The van der Waals surface area contributed by atoms with Gasteiger partial charge in [0.2, 0.25) is 0 Å². The van der Waals surface area contributed by atoms with Crippen molar-refractivity contribution in [2.75, 3.05) is 4.90 Å². The Balaban J connectivity index is 0.00000484. The zero-order valence-electron chi connectivity index (χ0n) is 35.2. The van der Waals surface area contributed by atoms with E-state index in [1.165, 1.54) is 27.8 Å². The van der Waals surface area contributed by atoms with Crippen LogP contribution in [-0.2, 0) is 26.5 Å². The van der Waals surface area contributed by atoms with Gasteiger partial charge in [-0.05, 0) is 99.1 Å². The first-order valence-electron chi connectivity index (χ1n) is 20.5. The number of ether oxygens (including phenoxy) is 1. The average molecular weight is 956 g/mol. The molecule has 0 unspecified atom stereocenters. The van der Waals surface area contributed by atoms with Gasteiger partial charge < -0.3 is 23.8 Å². The van der Waals surface area contributed by atoms with Crippen molar-refractivity contribution in [3.8, 4) is 39.8 Å². The Morgan fingerprint density at radius 3 is 2.15 bits per heavy atom. The molecule has 0 saturated carbocycles. The van der Waals surface area contributed by atoms with E-state index < -0.39 is 0 Å². The number of aromatic nitrogens is 4. The van der Waals surface area contributed by atoms with E-state index in [9.17, 15) is 0 Å². The molecular weight excluding hydrogens is 906 g/mol. The molecule has 302 valence electrons. The number of pyridine rings is 1. The Morgan fingerprint density at radius 1 is 0.695 bits per heavy atom. The van der Waals surface area contributed by atoms with Crippen LogP contribution in [0.1, 0.15) is 102 Å². The van der Waals surface area contributed by atoms with Crippen LogP contribution in [-0.4, -0.2) is 19.1 Å². The fourth-order valence-electron chi connectivity index (χ4n) is 8.31. The van der Waals surface area contributed by atoms with Gasteiger partial charge in [-0.25, -0.2) is 4.98 Å². The molecule has 0 saturated heterocycles. The van der Waals surface area contributed by atoms with Crippen molar-refractivity contribution in [2.24, 2.45) is 0 Å². The fourth-order valence-corrected chi connectivity index (χ4v) is 8.31. The van der Waals surface area contributed by atoms with E-state index in [-0.39, 0.29) is 26.5 Å². The standard InChI is InChI=1S/C52H50N5O.Pt/c1-32(2)35-26-44(33(3)4)50(45(27-35)34(5)6)36-24-38(56-31-55-23-22-54-51(55)43-15-11-12-16-46(43)56)29-40(25-36)58-39-18-19-42-41-14-10-13-17-47(41)57(48(42)30-39)49-28-37(20-21-53-49)52(7,8)9;/h10-28,31-34H,1-9H3;/q-3;. The van der Waals surface area contributed by atoms with E-state index in [4.69, 9.17) is 14.7 Å². The monoisotopic (exact) mass is 955 g/mol. The van der Waals surface area contributed by atoms with Gasteiger partial charge in [-0.3, -0.25) is 0 Å². The van der Waals surface area contributed by atoms with Gasteiger partial charge in [0.25, 0.3) is 0 Å². The van der Waals surface area contributed by atoms with E-state index in [1.807, 2.05) is 24.7 Å². The predicted octanol–water partition coefficient (Wildman–Crippen LogP) is 13.9. The average Bonchev–Trinajstić information content (AvgIpc) is 3.82. The van der Waals surface area contributed by atoms with Crippen molar-refractivity contribution >= 4 is 33.2 Å². The van der Waals surface area contributed by atoms with Gasteiger partial charge in [-0.1, -0.05) is 128 Å². The van der Waals surface area contributed by atoms with Crippen LogP contribution in [0.5, 0.6) is 11.5 Å². The molecule has 1 aliphatic heterocycles. The van der Waals surface area contributed by atoms with E-state index in [1.54, 1.807) is 0 Å². The molecule has 5 aromatic carbocycles. The first-order valence-corrected chi connectivity index (χ1v) is 20.5. The summed E-state index contributed by atoms with van der Waals surface area (Å²) in [6.07, 6.45) is 5.75. The third-order valence-electron chi connectivity index (χ3n) is 11.4. The SMILES string of the molecule is CC(C)c1cc(C(C)C)c(-c2cc(Oc3[c-]c4c(cc3)c3ccccc3n4-c3cc(C(C)(C)C)ccn3)[c-]c(N3[CH-]n4ccnc4-c4ccccc43)c2)c(C(C)C)c1.[Pt]. The van der Waals surface area contributed by atoms with Crippen molar-refractivity contribution in [3.05, 3.63) is 157 Å². The zero-order valence-corrected chi connectivity index (χ0v) is 37.5. The minimum Gasteiger partial charge on any atom is -0.509 e. The van der Waals surface area contributed by atoms with Crippen LogP contribution >= 0.6 is 0 Å². The summed E-state index contributed by atoms with van der Waals surface area (Å²) in [6, 6.07) is 42.0. The van der Waals surface area contributed by atoms with Crippen molar-refractivity contribution < 1.29 is 25.8 Å². The molecular formula is C52H50N5OPt-3. The molecule has 3 aromatic heterocycles. The Hall–Kier alpha value is -5.58. The molecule has 1 aliphatic rings. The molecule has 7 heteroatoms. The maximum atomic E-state index is 6.95. The molecule has 8 aromatic rings. The van der Waals surface area contributed by atoms with E-state index in [0.29, 0.717) is 29.3 Å². The molecule has 59 heavy (non-hydrogen) atoms. The molecule has 0 atom stereocenters. The molecule has 0 radical (unpaired) electrons. The second-order valence-electron chi connectivity index (χ2n) is 17.5. The number of hydrogen-bond donors (Lipinski definition) is 0. The molecule has 9 rings (SSSR count). The summed E-state index contributed by atoms with van der Waals surface area (Å²) in [4.78, 5) is 11.8. The van der Waals surface area contributed by atoms with E-state index in [2.05, 4.69) is 186 Å². The van der Waals surface area contributed by atoms with Gasteiger partial charge in [0.05, 0.1) is 0 Å². The fraction of sp³-hybridized carbons (Fsp3) is 0.250. The number of para-hydroxylation sites is 2. The molecule has 0 spiro atoms. The number of rotatable bonds is 8. The quantitative estimate of drug-likeness (QED) is 0.142. The normalized spacial score (nSPS) is 12.6. The number of benzene rings is 5. The summed E-state index contributed by atoms with van der Waals surface area (Å²) in [7, 11) is 0. The minimum absolute atomic E-state index is 0. The van der Waals surface area contributed by atoms with Crippen LogP contribution in [0.25, 0.3) is 50.1 Å². The summed E-state index contributed by atoms with van der Waals surface area (Å²) >= 11 is 0. The van der Waals surface area contributed by atoms with E-state index in [0.717, 1.165) is 55.9 Å². The van der Waals surface area contributed by atoms with E-state index >= 15 is 0 Å². The van der Waals surface area contributed by atoms with Crippen molar-refractivity contribution in [3.63, 3.8) is 0 Å². The maximum Gasteiger partial charge on any atom is 0.135 e. The summed E-state index contributed by atoms with van der Waals surface area (Å²) in [6.45, 7) is 22.5. The van der Waals surface area contributed by atoms with Gasteiger partial charge in [0.1, 0.15) is 5.82 Å². The third kappa shape index (κ3) is 7.27. The van der Waals surface area contributed by atoms with Crippen LogP contribution in [0.15, 0.2) is 116 Å². The molecule has 0 N–H and O–H groups in total. The largest absolute Gasteiger partial charge is 0.509 e. The summed E-state index contributed by atoms with van der Waals surface area (Å²) in [5, 5.41) is 2.23. The minimum atomic E-state index is -0.0291. The molecule has 4 heterocycles. The Bertz CT molecular complexity index is 2810. The second-order valence-corrected chi connectivity index (χ2v) is 17.5. The molecule has 0 aliphatic carbocycles. The first kappa shape index (κ1) is 40.2. The predicted molar refractivity (Wildman–Crippen MR) is 239 cm³/mol. The zero-order chi connectivity index (χ0) is 40.5. The van der Waals surface area contributed by atoms with Crippen molar-refractivity contribution in [2.45, 2.75) is 85.5 Å². The Kier molecular flexibility index (Phi) is 10.6. The Labute approximate surface area is 363 Å². The van der Waals surface area contributed by atoms with Gasteiger partial charge in [-0.2, -0.15) is 6.07 Å². The molecule has 6 nitrogen and oxygen atoms in total. The maximum absolute atomic E-state index is 6.95. The van der Waals surface area contributed by atoms with Crippen LogP contribution in [0, 0.1) is 18.8 Å². The van der Waals surface area contributed by atoms with Crippen LogP contribution in [0.2, 0.25) is 0 Å². The number of imidazole rings is 1. The molecule has 0 bridgehead atoms. The van der Waals surface area contributed by atoms with Gasteiger partial charge >= 0.3 is 0 Å².